The van der Waals surface area contributed by atoms with Crippen molar-refractivity contribution in [2.45, 2.75) is 6.92 Å². The lowest BCUT2D eigenvalue weighted by Crippen LogP contribution is -2.98. The number of hydrogen-bond acceptors (Lipinski definition) is 2. The maximum Gasteiger partial charge on any atom is 0.440 e. The number of fused-ring (bicyclic) bond motifs is 10. The van der Waals surface area contributed by atoms with E-state index >= 15 is 0 Å². The summed E-state index contributed by atoms with van der Waals surface area (Å²) in [6.45, 7) is 2.20. The predicted molar refractivity (Wildman–Crippen MR) is 180 cm³/mol. The number of aryl methyl sites for hydroxylation is 1. The number of benzene rings is 4. The molecule has 0 fully saturated rings. The van der Waals surface area contributed by atoms with Gasteiger partial charge in [-0.05, 0) is 68.6 Å². The fourth-order valence-electron chi connectivity index (χ4n) is 10.3. The van der Waals surface area contributed by atoms with E-state index in [0.717, 1.165) is 28.7 Å². The van der Waals surface area contributed by atoms with Crippen LogP contribution in [0.25, 0.3) is 33.6 Å². The van der Waals surface area contributed by atoms with Crippen LogP contribution in [0, 0.1) is 6.92 Å². The molecule has 8 heteroatoms. The minimum absolute atomic E-state index is 0.104. The molecule has 0 amide bonds. The second-order valence-corrected chi connectivity index (χ2v) is 17.0. The fourth-order valence-corrected chi connectivity index (χ4v) is 16.0. The SMILES string of the molecule is Cc1cc2n(n1)[N+]13c4c(ccc5c4B4c6c(cccc6[Si]56c5ccccc5-c5ccccc56)-c5ccc[n+]1c54)Oc1cccc-2[n+]13. The van der Waals surface area contributed by atoms with E-state index < -0.39 is 8.07 Å². The molecule has 3 aromatic heterocycles. The lowest BCUT2D eigenvalue weighted by Gasteiger charge is -2.41. The lowest BCUT2D eigenvalue weighted by molar-refractivity contribution is -1.05. The Morgan fingerprint density at radius 1 is 0.717 bits per heavy atom. The summed E-state index contributed by atoms with van der Waals surface area (Å²) in [5.41, 5.74) is 14.0. The third-order valence-corrected chi connectivity index (χ3v) is 16.5. The molecule has 13 rings (SSSR count). The number of pyridine rings is 2. The molecule has 6 aliphatic heterocycles. The van der Waals surface area contributed by atoms with E-state index in [9.17, 15) is 0 Å². The average Bonchev–Trinajstić information content (AvgIpc) is 3.81. The minimum atomic E-state index is -2.74. The van der Waals surface area contributed by atoms with Gasteiger partial charge in [-0.15, -0.1) is 5.10 Å². The highest BCUT2D eigenvalue weighted by Gasteiger charge is 2.77. The molecule has 210 valence electrons. The van der Waals surface area contributed by atoms with Gasteiger partial charge >= 0.3 is 24.0 Å². The molecule has 2 spiro atoms. The van der Waals surface area contributed by atoms with E-state index in [0.29, 0.717) is 0 Å². The normalized spacial score (nSPS) is 18.9. The first-order valence-corrected chi connectivity index (χ1v) is 18.0. The molecule has 4 aromatic carbocycles. The Labute approximate surface area is 265 Å². The van der Waals surface area contributed by atoms with Crippen LogP contribution >= 0.6 is 0 Å². The summed E-state index contributed by atoms with van der Waals surface area (Å²) in [6.07, 6.45) is 2.26. The zero-order chi connectivity index (χ0) is 29.7. The van der Waals surface area contributed by atoms with Crippen molar-refractivity contribution in [2.24, 2.45) is 0 Å². The van der Waals surface area contributed by atoms with Gasteiger partial charge < -0.3 is 4.74 Å². The molecule has 7 aromatic rings. The van der Waals surface area contributed by atoms with Crippen molar-refractivity contribution >= 4 is 57.7 Å². The number of nitrogens with zero attached hydrogens (tertiary/aromatic N) is 5. The van der Waals surface area contributed by atoms with E-state index in [4.69, 9.17) is 9.84 Å². The number of rotatable bonds is 0. The van der Waals surface area contributed by atoms with E-state index in [-0.39, 0.29) is 11.5 Å². The van der Waals surface area contributed by atoms with Crippen LogP contribution in [0.5, 0.6) is 11.6 Å². The summed E-state index contributed by atoms with van der Waals surface area (Å²) in [4.78, 5) is 2.50. The quantitative estimate of drug-likeness (QED) is 0.147. The van der Waals surface area contributed by atoms with Gasteiger partial charge in [0.25, 0.3) is 4.81 Å². The summed E-state index contributed by atoms with van der Waals surface area (Å²) in [5.74, 6) is 1.71. The number of hydrogen-bond donors (Lipinski definition) is 0. The monoisotopic (exact) mass is 604 g/mol. The van der Waals surface area contributed by atoms with Crippen LogP contribution in [0.3, 0.4) is 0 Å². The van der Waals surface area contributed by atoms with Crippen molar-refractivity contribution in [3.05, 3.63) is 127 Å². The van der Waals surface area contributed by atoms with Crippen molar-refractivity contribution in [3.63, 3.8) is 0 Å². The van der Waals surface area contributed by atoms with E-state index in [2.05, 4.69) is 143 Å². The Hall–Kier alpha value is -5.57. The van der Waals surface area contributed by atoms with Gasteiger partial charge in [0.1, 0.15) is 4.68 Å². The first-order valence-electron chi connectivity index (χ1n) is 16.0. The van der Waals surface area contributed by atoms with Gasteiger partial charge in [0, 0.05) is 27.9 Å². The van der Waals surface area contributed by atoms with E-state index in [1.165, 1.54) is 65.2 Å². The molecule has 0 N–H and O–H groups in total. The fraction of sp³-hybridized carbons (Fsp3) is 0.0263. The molecule has 0 aliphatic carbocycles. The molecule has 46 heavy (non-hydrogen) atoms. The number of quaternary nitrogens is 1. The Balaban J connectivity index is 1.32. The largest absolute Gasteiger partial charge is 0.440 e. The van der Waals surface area contributed by atoms with Crippen molar-refractivity contribution in [2.75, 3.05) is 0 Å². The summed E-state index contributed by atoms with van der Waals surface area (Å²) in [6, 6.07) is 43.4. The Morgan fingerprint density at radius 2 is 1.43 bits per heavy atom. The van der Waals surface area contributed by atoms with Crippen molar-refractivity contribution in [3.8, 4) is 45.3 Å². The molecule has 1 unspecified atom stereocenters. The molecule has 0 saturated heterocycles. The van der Waals surface area contributed by atoms with Gasteiger partial charge in [-0.3, -0.25) is 0 Å². The third-order valence-electron chi connectivity index (χ3n) is 11.6. The van der Waals surface area contributed by atoms with Crippen LogP contribution in [0.15, 0.2) is 121 Å². The van der Waals surface area contributed by atoms with Crippen LogP contribution in [0.2, 0.25) is 0 Å². The van der Waals surface area contributed by atoms with E-state index in [1.54, 1.807) is 0 Å². The molecule has 0 bridgehead atoms. The van der Waals surface area contributed by atoms with Crippen molar-refractivity contribution in [1.29, 1.82) is 0 Å². The van der Waals surface area contributed by atoms with Gasteiger partial charge in [-0.2, -0.15) is 0 Å². The van der Waals surface area contributed by atoms with Crippen LogP contribution in [-0.4, -0.2) is 24.7 Å². The molecule has 6 nitrogen and oxygen atoms in total. The van der Waals surface area contributed by atoms with Crippen LogP contribution in [0.4, 0.5) is 5.69 Å². The standard InChI is InChI=1S/C38H23BN5OSi/c1-22-21-28-27-13-7-17-34-42(27)44(43(28)40-22)37-29(45-34)18-19-33-36(37)39-35-25(26-12-8-20-41(44)38(26)39)11-6-16-32(35)46(33)30-14-4-2-9-23(30)24-10-3-5-15-31(24)46/h2-21H,1H3/q+3. The highest BCUT2D eigenvalue weighted by molar-refractivity contribution is 7.28. The smallest absolute Gasteiger partial charge is 0.394 e. The van der Waals surface area contributed by atoms with Crippen molar-refractivity contribution < 1.29 is 14.1 Å². The van der Waals surface area contributed by atoms with Crippen molar-refractivity contribution in [1.82, 2.24) is 14.7 Å². The van der Waals surface area contributed by atoms with Crippen LogP contribution in [0.1, 0.15) is 5.69 Å². The lowest BCUT2D eigenvalue weighted by atomic mass is 9.39. The first kappa shape index (κ1) is 22.9. The zero-order valence-electron chi connectivity index (χ0n) is 24.8. The molecular weight excluding hydrogens is 581 g/mol. The highest BCUT2D eigenvalue weighted by Crippen LogP contribution is 2.45. The van der Waals surface area contributed by atoms with Gasteiger partial charge in [-0.1, -0.05) is 78.3 Å². The number of aromatic nitrogens is 4. The maximum atomic E-state index is 6.93. The maximum absolute atomic E-state index is 6.93. The van der Waals surface area contributed by atoms with Gasteiger partial charge in [-0.25, -0.2) is 0 Å². The average molecular weight is 605 g/mol. The zero-order valence-corrected chi connectivity index (χ0v) is 25.8. The summed E-state index contributed by atoms with van der Waals surface area (Å²) < 4.78 is 11.8. The third kappa shape index (κ3) is 2.02. The summed E-state index contributed by atoms with van der Waals surface area (Å²) >= 11 is 0. The van der Waals surface area contributed by atoms with Gasteiger partial charge in [0.15, 0.2) is 8.07 Å². The second kappa shape index (κ2) is 6.97. The molecular formula is C38H23BN5OSi+3. The second-order valence-electron chi connectivity index (χ2n) is 13.4. The predicted octanol–water partition coefficient (Wildman–Crippen LogP) is 1.03. The Kier molecular flexibility index (Phi) is 3.46. The summed E-state index contributed by atoms with van der Waals surface area (Å²) in [5, 5.41) is 11.3. The molecule has 6 aliphatic rings. The molecule has 9 heterocycles. The number of ether oxygens (including phenoxy) is 1. The first-order chi connectivity index (χ1) is 22.7. The minimum Gasteiger partial charge on any atom is -0.394 e. The van der Waals surface area contributed by atoms with E-state index in [1.807, 2.05) is 0 Å². The molecule has 0 radical (unpaired) electrons. The van der Waals surface area contributed by atoms with Gasteiger partial charge in [0.05, 0.1) is 16.4 Å². The molecule has 1 atom stereocenters. The van der Waals surface area contributed by atoms with Crippen LogP contribution < -0.4 is 56.2 Å². The van der Waals surface area contributed by atoms with Gasteiger partial charge in [0.2, 0.25) is 23.2 Å². The topological polar surface area (TPSA) is 34.8 Å². The van der Waals surface area contributed by atoms with Crippen LogP contribution in [-0.2, 0) is 0 Å². The summed E-state index contributed by atoms with van der Waals surface area (Å²) in [7, 11) is -2.74. The molecule has 0 saturated carbocycles. The Bertz CT molecular complexity index is 2640. The highest BCUT2D eigenvalue weighted by atomic mass is 28.3. The Morgan fingerprint density at radius 3 is 2.28 bits per heavy atom.